The second kappa shape index (κ2) is 10.7. The fourth-order valence-corrected chi connectivity index (χ4v) is 3.43. The Labute approximate surface area is 121 Å². The van der Waals surface area contributed by atoms with Crippen molar-refractivity contribution in [2.45, 2.75) is 109 Å². The highest BCUT2D eigenvalue weighted by Crippen LogP contribution is 2.33. The number of hydrogen-bond acceptors (Lipinski definition) is 0. The van der Waals surface area contributed by atoms with Gasteiger partial charge in [-0.25, -0.2) is 5.32 Å². The van der Waals surface area contributed by atoms with Crippen LogP contribution in [0.1, 0.15) is 104 Å². The van der Waals surface area contributed by atoms with E-state index >= 15 is 0 Å². The summed E-state index contributed by atoms with van der Waals surface area (Å²) < 4.78 is 0. The fraction of sp³-hybridized carbons (Fsp3) is 1.00. The molecule has 1 aliphatic carbocycles. The van der Waals surface area contributed by atoms with E-state index in [-0.39, 0.29) is 0 Å². The van der Waals surface area contributed by atoms with Gasteiger partial charge in [-0.05, 0) is 25.7 Å². The van der Waals surface area contributed by atoms with E-state index in [2.05, 4.69) is 13.8 Å². The molecule has 1 rings (SSSR count). The molecule has 0 unspecified atom stereocenters. The van der Waals surface area contributed by atoms with E-state index in [9.17, 15) is 0 Å². The molecule has 19 heavy (non-hydrogen) atoms. The molecule has 0 N–H and O–H groups in total. The quantitative estimate of drug-likeness (QED) is 0.417. The van der Waals surface area contributed by atoms with Crippen LogP contribution >= 0.6 is 0 Å². The van der Waals surface area contributed by atoms with Crippen molar-refractivity contribution in [2.24, 2.45) is 0 Å². The summed E-state index contributed by atoms with van der Waals surface area (Å²) in [6.45, 7) is 5.71. The largest absolute Gasteiger partial charge is 0.235 e. The Hall–Kier alpha value is -0.0400. The molecule has 1 fully saturated rings. The third-order valence-electron chi connectivity index (χ3n) is 4.74. The van der Waals surface area contributed by atoms with E-state index in [4.69, 9.17) is 5.32 Å². The molecule has 1 nitrogen and oxygen atoms in total. The molecule has 0 saturated heterocycles. The first-order valence-corrected chi connectivity index (χ1v) is 9.01. The smallest absolute Gasteiger partial charge is 0.0356 e. The second-order valence-electron chi connectivity index (χ2n) is 6.54. The first-order valence-electron chi connectivity index (χ1n) is 9.01. The van der Waals surface area contributed by atoms with Gasteiger partial charge < -0.3 is 0 Å². The highest BCUT2D eigenvalue weighted by molar-refractivity contribution is 4.90. The summed E-state index contributed by atoms with van der Waals surface area (Å²) in [5.74, 6) is 0. The van der Waals surface area contributed by atoms with Gasteiger partial charge in [0.25, 0.3) is 0 Å². The van der Waals surface area contributed by atoms with E-state index in [0.29, 0.717) is 5.54 Å². The average molecular weight is 266 g/mol. The highest BCUT2D eigenvalue weighted by atomic mass is 15.0. The van der Waals surface area contributed by atoms with Crippen molar-refractivity contribution >= 4 is 0 Å². The second-order valence-corrected chi connectivity index (χ2v) is 6.54. The maximum absolute atomic E-state index is 5.17. The van der Waals surface area contributed by atoms with Crippen LogP contribution in [0.2, 0.25) is 0 Å². The molecule has 1 radical (unpaired) electrons. The lowest BCUT2D eigenvalue weighted by Crippen LogP contribution is -2.42. The lowest BCUT2D eigenvalue weighted by atomic mass is 9.78. The van der Waals surface area contributed by atoms with Crippen molar-refractivity contribution in [1.82, 2.24) is 5.32 Å². The molecular weight excluding hydrogens is 230 g/mol. The maximum atomic E-state index is 5.17. The molecule has 0 amide bonds. The molecule has 1 heteroatoms. The van der Waals surface area contributed by atoms with Crippen LogP contribution in [0, 0.1) is 0 Å². The standard InChI is InChI=1S/C18H36N/c1-3-5-7-8-10-14-18(15-11-9-12-16-18)19-17-13-6-4-2/h3-17H2,1-2H3. The molecule has 0 aromatic rings. The van der Waals surface area contributed by atoms with E-state index in [1.807, 2.05) is 0 Å². The zero-order valence-electron chi connectivity index (χ0n) is 13.6. The van der Waals surface area contributed by atoms with Gasteiger partial charge in [0.2, 0.25) is 0 Å². The van der Waals surface area contributed by atoms with Gasteiger partial charge in [0, 0.05) is 12.1 Å². The molecule has 0 aromatic heterocycles. The van der Waals surface area contributed by atoms with Gasteiger partial charge in [0.05, 0.1) is 0 Å². The van der Waals surface area contributed by atoms with Crippen molar-refractivity contribution in [1.29, 1.82) is 0 Å². The number of rotatable bonds is 11. The van der Waals surface area contributed by atoms with Gasteiger partial charge in [-0.15, -0.1) is 0 Å². The van der Waals surface area contributed by atoms with E-state index in [1.165, 1.54) is 89.9 Å². The number of nitrogens with zero attached hydrogens (tertiary/aromatic N) is 1. The lowest BCUT2D eigenvalue weighted by molar-refractivity contribution is 0.203. The summed E-state index contributed by atoms with van der Waals surface area (Å²) in [4.78, 5) is 0. The predicted octanol–water partition coefficient (Wildman–Crippen LogP) is 5.84. The maximum Gasteiger partial charge on any atom is 0.0356 e. The normalized spacial score (nSPS) is 18.6. The Morgan fingerprint density at radius 1 is 0.737 bits per heavy atom. The Morgan fingerprint density at radius 3 is 2.05 bits per heavy atom. The SMILES string of the molecule is CCCCCCCC1([N]CCCCC)CCCCC1. The summed E-state index contributed by atoms with van der Waals surface area (Å²) in [5, 5.41) is 5.17. The zero-order valence-corrected chi connectivity index (χ0v) is 13.6. The summed E-state index contributed by atoms with van der Waals surface area (Å²) in [5.41, 5.74) is 0.401. The monoisotopic (exact) mass is 266 g/mol. The van der Waals surface area contributed by atoms with Gasteiger partial charge in [-0.2, -0.15) is 0 Å². The summed E-state index contributed by atoms with van der Waals surface area (Å²) >= 11 is 0. The lowest BCUT2D eigenvalue weighted by Gasteiger charge is -2.37. The van der Waals surface area contributed by atoms with Crippen LogP contribution in [0.3, 0.4) is 0 Å². The molecule has 1 saturated carbocycles. The molecule has 0 bridgehead atoms. The van der Waals surface area contributed by atoms with Gasteiger partial charge in [0.1, 0.15) is 0 Å². The third kappa shape index (κ3) is 7.34. The van der Waals surface area contributed by atoms with Gasteiger partial charge in [0.15, 0.2) is 0 Å². The fourth-order valence-electron chi connectivity index (χ4n) is 3.43. The van der Waals surface area contributed by atoms with Crippen molar-refractivity contribution < 1.29 is 0 Å². The van der Waals surface area contributed by atoms with Crippen LogP contribution < -0.4 is 5.32 Å². The molecule has 0 aliphatic heterocycles. The van der Waals surface area contributed by atoms with Crippen LogP contribution in [-0.4, -0.2) is 12.1 Å². The van der Waals surface area contributed by atoms with Crippen LogP contribution in [0.25, 0.3) is 0 Å². The Morgan fingerprint density at radius 2 is 1.37 bits per heavy atom. The molecule has 0 aromatic carbocycles. The summed E-state index contributed by atoms with van der Waals surface area (Å²) in [7, 11) is 0. The summed E-state index contributed by atoms with van der Waals surface area (Å²) in [6, 6.07) is 0. The molecule has 0 atom stereocenters. The van der Waals surface area contributed by atoms with Crippen molar-refractivity contribution in [2.75, 3.05) is 6.54 Å². The highest BCUT2D eigenvalue weighted by Gasteiger charge is 2.31. The summed E-state index contributed by atoms with van der Waals surface area (Å²) in [6.07, 6.45) is 19.5. The zero-order chi connectivity index (χ0) is 13.8. The first-order chi connectivity index (χ1) is 9.33. The first kappa shape index (κ1) is 17.0. The molecule has 113 valence electrons. The number of unbranched alkanes of at least 4 members (excludes halogenated alkanes) is 6. The van der Waals surface area contributed by atoms with Crippen molar-refractivity contribution in [3.05, 3.63) is 0 Å². The molecule has 0 spiro atoms. The predicted molar refractivity (Wildman–Crippen MR) is 85.7 cm³/mol. The molecule has 0 heterocycles. The van der Waals surface area contributed by atoms with Crippen molar-refractivity contribution in [3.8, 4) is 0 Å². The Kier molecular flexibility index (Phi) is 9.59. The van der Waals surface area contributed by atoms with Gasteiger partial charge in [-0.3, -0.25) is 0 Å². The Bertz CT molecular complexity index is 194. The minimum atomic E-state index is 0.401. The van der Waals surface area contributed by atoms with E-state index < -0.39 is 0 Å². The van der Waals surface area contributed by atoms with Crippen LogP contribution in [0.5, 0.6) is 0 Å². The Balaban J connectivity index is 2.24. The third-order valence-corrected chi connectivity index (χ3v) is 4.74. The van der Waals surface area contributed by atoms with Crippen LogP contribution in [0.4, 0.5) is 0 Å². The van der Waals surface area contributed by atoms with Crippen LogP contribution in [-0.2, 0) is 0 Å². The average Bonchev–Trinajstić information content (AvgIpc) is 2.45. The van der Waals surface area contributed by atoms with E-state index in [1.54, 1.807) is 0 Å². The minimum Gasteiger partial charge on any atom is -0.235 e. The topological polar surface area (TPSA) is 14.1 Å². The van der Waals surface area contributed by atoms with Gasteiger partial charge in [-0.1, -0.05) is 78.1 Å². The molecule has 1 aliphatic rings. The van der Waals surface area contributed by atoms with E-state index in [0.717, 1.165) is 6.54 Å². The van der Waals surface area contributed by atoms with Crippen molar-refractivity contribution in [3.63, 3.8) is 0 Å². The molecular formula is C18H36N. The number of hydrogen-bond donors (Lipinski definition) is 0. The van der Waals surface area contributed by atoms with Gasteiger partial charge >= 0.3 is 0 Å². The van der Waals surface area contributed by atoms with Crippen LogP contribution in [0.15, 0.2) is 0 Å². The minimum absolute atomic E-state index is 0.401.